The standard InChI is InChI=1S/C23H47NO4S2/c1-3-4-5-6-7-8-9-10-11-12-13-14-15-16-17-18-20-24(2)30(27,28)23-19-21-29(25,26)22-23/h23H,3-22H2,1-2H3. The van der Waals surface area contributed by atoms with Crippen LogP contribution in [0.4, 0.5) is 0 Å². The van der Waals surface area contributed by atoms with Gasteiger partial charge in [-0.1, -0.05) is 103 Å². The zero-order chi connectivity index (χ0) is 22.3. The van der Waals surface area contributed by atoms with Gasteiger partial charge in [-0.25, -0.2) is 21.1 Å². The van der Waals surface area contributed by atoms with Crippen LogP contribution in [0.2, 0.25) is 0 Å². The molecule has 1 atom stereocenters. The third-order valence-corrected chi connectivity index (χ3v) is 10.6. The Labute approximate surface area is 187 Å². The van der Waals surface area contributed by atoms with Crippen molar-refractivity contribution >= 4 is 19.9 Å². The van der Waals surface area contributed by atoms with Crippen molar-refractivity contribution in [3.8, 4) is 0 Å². The van der Waals surface area contributed by atoms with Crippen molar-refractivity contribution in [1.82, 2.24) is 4.31 Å². The molecule has 180 valence electrons. The van der Waals surface area contributed by atoms with Crippen molar-refractivity contribution in [2.24, 2.45) is 0 Å². The molecule has 0 saturated carbocycles. The van der Waals surface area contributed by atoms with E-state index in [2.05, 4.69) is 6.92 Å². The molecule has 1 heterocycles. The fraction of sp³-hybridized carbons (Fsp3) is 1.00. The Balaban J connectivity index is 1.91. The van der Waals surface area contributed by atoms with Crippen LogP contribution in [0.5, 0.6) is 0 Å². The van der Waals surface area contributed by atoms with Gasteiger partial charge in [0, 0.05) is 13.6 Å². The quantitative estimate of drug-likeness (QED) is 0.230. The molecular formula is C23H47NO4S2. The summed E-state index contributed by atoms with van der Waals surface area (Å²) in [6.45, 7) is 2.76. The molecule has 0 bridgehead atoms. The van der Waals surface area contributed by atoms with Crippen molar-refractivity contribution in [1.29, 1.82) is 0 Å². The topological polar surface area (TPSA) is 71.5 Å². The second-order valence-corrected chi connectivity index (χ2v) is 13.7. The maximum Gasteiger partial charge on any atom is 0.217 e. The lowest BCUT2D eigenvalue weighted by Crippen LogP contribution is -2.37. The van der Waals surface area contributed by atoms with Gasteiger partial charge >= 0.3 is 0 Å². The molecule has 0 amide bonds. The van der Waals surface area contributed by atoms with Crippen LogP contribution in [0.1, 0.15) is 116 Å². The Hall–Kier alpha value is -0.140. The lowest BCUT2D eigenvalue weighted by Gasteiger charge is -2.20. The lowest BCUT2D eigenvalue weighted by atomic mass is 10.0. The van der Waals surface area contributed by atoms with Crippen LogP contribution in [-0.2, 0) is 19.9 Å². The molecular weight excluding hydrogens is 418 g/mol. The summed E-state index contributed by atoms with van der Waals surface area (Å²) in [6.07, 6.45) is 21.0. The number of nitrogens with zero attached hydrogens (tertiary/aromatic N) is 1. The minimum atomic E-state index is -3.48. The maximum atomic E-state index is 12.5. The van der Waals surface area contributed by atoms with Crippen LogP contribution in [0.15, 0.2) is 0 Å². The second kappa shape index (κ2) is 15.6. The Morgan fingerprint density at radius 2 is 1.13 bits per heavy atom. The summed E-state index contributed by atoms with van der Waals surface area (Å²) in [5.74, 6) is -0.206. The van der Waals surface area contributed by atoms with E-state index in [1.54, 1.807) is 7.05 Å². The molecule has 1 fully saturated rings. The molecule has 1 aliphatic heterocycles. The summed E-state index contributed by atoms with van der Waals surface area (Å²) in [4.78, 5) is 0. The Kier molecular flexibility index (Phi) is 14.5. The highest BCUT2D eigenvalue weighted by molar-refractivity contribution is 7.95. The molecule has 0 radical (unpaired) electrons. The first-order chi connectivity index (χ1) is 14.3. The van der Waals surface area contributed by atoms with Gasteiger partial charge < -0.3 is 0 Å². The normalized spacial score (nSPS) is 19.0. The summed E-state index contributed by atoms with van der Waals surface area (Å²) in [5.41, 5.74) is 0. The molecule has 0 aromatic heterocycles. The molecule has 5 nitrogen and oxygen atoms in total. The van der Waals surface area contributed by atoms with Crippen LogP contribution in [0.3, 0.4) is 0 Å². The molecule has 7 heteroatoms. The molecule has 0 aromatic carbocycles. The predicted molar refractivity (Wildman–Crippen MR) is 128 cm³/mol. The lowest BCUT2D eigenvalue weighted by molar-refractivity contribution is 0.440. The predicted octanol–water partition coefficient (Wildman–Crippen LogP) is 5.70. The zero-order valence-electron chi connectivity index (χ0n) is 19.6. The van der Waals surface area contributed by atoms with Crippen molar-refractivity contribution in [3.63, 3.8) is 0 Å². The molecule has 0 aromatic rings. The van der Waals surface area contributed by atoms with Gasteiger partial charge in [-0.2, -0.15) is 0 Å². The van der Waals surface area contributed by atoms with Gasteiger partial charge in [-0.15, -0.1) is 0 Å². The van der Waals surface area contributed by atoms with Gasteiger partial charge in [0.05, 0.1) is 16.8 Å². The summed E-state index contributed by atoms with van der Waals surface area (Å²) >= 11 is 0. The average Bonchev–Trinajstić information content (AvgIpc) is 3.08. The SMILES string of the molecule is CCCCCCCCCCCCCCCCCCN(C)S(=O)(=O)C1CCS(=O)(=O)C1. The maximum absolute atomic E-state index is 12.5. The largest absolute Gasteiger partial charge is 0.229 e. The average molecular weight is 466 g/mol. The van der Waals surface area contributed by atoms with E-state index in [1.807, 2.05) is 0 Å². The highest BCUT2D eigenvalue weighted by Gasteiger charge is 2.39. The van der Waals surface area contributed by atoms with E-state index in [0.29, 0.717) is 6.54 Å². The summed E-state index contributed by atoms with van der Waals surface area (Å²) in [5, 5.41) is -0.742. The third kappa shape index (κ3) is 12.0. The molecule has 30 heavy (non-hydrogen) atoms. The first kappa shape index (κ1) is 27.9. The monoisotopic (exact) mass is 465 g/mol. The molecule has 1 rings (SSSR count). The third-order valence-electron chi connectivity index (χ3n) is 6.37. The molecule has 0 N–H and O–H groups in total. The van der Waals surface area contributed by atoms with Crippen LogP contribution in [0, 0.1) is 0 Å². The second-order valence-electron chi connectivity index (χ2n) is 9.19. The smallest absolute Gasteiger partial charge is 0.217 e. The summed E-state index contributed by atoms with van der Waals surface area (Å²) < 4.78 is 49.4. The van der Waals surface area contributed by atoms with Crippen LogP contribution in [-0.4, -0.2) is 51.5 Å². The number of unbranched alkanes of at least 4 members (excludes halogenated alkanes) is 15. The van der Waals surface area contributed by atoms with E-state index < -0.39 is 25.1 Å². The number of sulfonamides is 1. The van der Waals surface area contributed by atoms with Gasteiger partial charge in [0.2, 0.25) is 10.0 Å². The molecule has 1 saturated heterocycles. The van der Waals surface area contributed by atoms with Crippen molar-refractivity contribution in [2.75, 3.05) is 25.1 Å². The van der Waals surface area contributed by atoms with Crippen LogP contribution in [0.25, 0.3) is 0 Å². The minimum Gasteiger partial charge on any atom is -0.229 e. The van der Waals surface area contributed by atoms with Crippen LogP contribution < -0.4 is 0 Å². The fourth-order valence-electron chi connectivity index (χ4n) is 4.26. The van der Waals surface area contributed by atoms with Gasteiger partial charge in [-0.05, 0) is 12.8 Å². The number of hydrogen-bond donors (Lipinski definition) is 0. The van der Waals surface area contributed by atoms with E-state index in [4.69, 9.17) is 0 Å². The first-order valence-corrected chi connectivity index (χ1v) is 15.8. The van der Waals surface area contributed by atoms with Gasteiger partial charge in [0.1, 0.15) is 0 Å². The number of rotatable bonds is 19. The van der Waals surface area contributed by atoms with Gasteiger partial charge in [0.15, 0.2) is 9.84 Å². The molecule has 0 spiro atoms. The van der Waals surface area contributed by atoms with E-state index in [1.165, 1.54) is 87.8 Å². The molecule has 0 aliphatic carbocycles. The summed E-state index contributed by atoms with van der Waals surface area (Å²) in [7, 11) is -5.06. The van der Waals surface area contributed by atoms with E-state index in [0.717, 1.165) is 19.3 Å². The molecule has 1 unspecified atom stereocenters. The van der Waals surface area contributed by atoms with Gasteiger partial charge in [-0.3, -0.25) is 0 Å². The van der Waals surface area contributed by atoms with Crippen molar-refractivity contribution in [2.45, 2.75) is 121 Å². The fourth-order valence-corrected chi connectivity index (χ4v) is 8.57. The Morgan fingerprint density at radius 3 is 1.50 bits per heavy atom. The Morgan fingerprint density at radius 1 is 0.733 bits per heavy atom. The highest BCUT2D eigenvalue weighted by atomic mass is 32.2. The van der Waals surface area contributed by atoms with E-state index in [-0.39, 0.29) is 17.9 Å². The van der Waals surface area contributed by atoms with Gasteiger partial charge in [0.25, 0.3) is 0 Å². The number of sulfone groups is 1. The van der Waals surface area contributed by atoms with Crippen molar-refractivity contribution < 1.29 is 16.8 Å². The van der Waals surface area contributed by atoms with E-state index >= 15 is 0 Å². The van der Waals surface area contributed by atoms with Crippen LogP contribution >= 0.6 is 0 Å². The molecule has 1 aliphatic rings. The van der Waals surface area contributed by atoms with E-state index in [9.17, 15) is 16.8 Å². The van der Waals surface area contributed by atoms with Crippen molar-refractivity contribution in [3.05, 3.63) is 0 Å². The highest BCUT2D eigenvalue weighted by Crippen LogP contribution is 2.22. The summed E-state index contributed by atoms with van der Waals surface area (Å²) in [6, 6.07) is 0. The Bertz CT molecular complexity index is 632. The minimum absolute atomic E-state index is 0.00375. The zero-order valence-corrected chi connectivity index (χ0v) is 21.2. The first-order valence-electron chi connectivity index (χ1n) is 12.4. The number of hydrogen-bond acceptors (Lipinski definition) is 4.